The summed E-state index contributed by atoms with van der Waals surface area (Å²) in [4.78, 5) is 6.92. The number of benzene rings is 1. The molecule has 2 heterocycles. The highest BCUT2D eigenvalue weighted by Gasteiger charge is 2.12. The van der Waals surface area contributed by atoms with Crippen LogP contribution in [0.15, 0.2) is 48.7 Å². The quantitative estimate of drug-likeness (QED) is 0.818. The number of nitrogens with zero attached hydrogens (tertiary/aromatic N) is 2. The van der Waals surface area contributed by atoms with Crippen LogP contribution in [0.5, 0.6) is 0 Å². The molecule has 0 unspecified atom stereocenters. The van der Waals surface area contributed by atoms with E-state index < -0.39 is 0 Å². The van der Waals surface area contributed by atoms with Crippen LogP contribution in [0.2, 0.25) is 0 Å². The molecule has 3 nitrogen and oxygen atoms in total. The van der Waals surface area contributed by atoms with Gasteiger partial charge in [-0.3, -0.25) is 0 Å². The molecule has 2 aromatic rings. The Hall–Kier alpha value is -2.03. The second-order valence-electron chi connectivity index (χ2n) is 5.62. The number of pyridine rings is 1. The van der Waals surface area contributed by atoms with Gasteiger partial charge in [0.2, 0.25) is 0 Å². The van der Waals surface area contributed by atoms with E-state index in [1.165, 1.54) is 18.4 Å². The zero-order chi connectivity index (χ0) is 14.3. The number of hydrogen-bond donors (Lipinski definition) is 1. The van der Waals surface area contributed by atoms with Gasteiger partial charge >= 0.3 is 0 Å². The van der Waals surface area contributed by atoms with E-state index in [9.17, 15) is 0 Å². The van der Waals surface area contributed by atoms with E-state index in [0.29, 0.717) is 0 Å². The third-order valence-corrected chi connectivity index (χ3v) is 3.99. The molecular weight excluding hydrogens is 258 g/mol. The molecule has 1 fully saturated rings. The summed E-state index contributed by atoms with van der Waals surface area (Å²) in [5, 5.41) is 3.45. The Morgan fingerprint density at radius 2 is 1.81 bits per heavy atom. The van der Waals surface area contributed by atoms with E-state index in [0.717, 1.165) is 44.0 Å². The molecule has 0 saturated carbocycles. The SMILES string of the molecule is c1ccc(CCCNc2ccc(N3CCCC3)nc2)cc1. The van der Waals surface area contributed by atoms with Crippen molar-refractivity contribution in [2.75, 3.05) is 29.9 Å². The lowest BCUT2D eigenvalue weighted by Crippen LogP contribution is -2.18. The Labute approximate surface area is 127 Å². The molecule has 1 saturated heterocycles. The van der Waals surface area contributed by atoms with Crippen molar-refractivity contribution in [3.8, 4) is 0 Å². The number of anilines is 2. The van der Waals surface area contributed by atoms with Crippen LogP contribution >= 0.6 is 0 Å². The molecule has 0 spiro atoms. The van der Waals surface area contributed by atoms with Crippen molar-refractivity contribution in [2.45, 2.75) is 25.7 Å². The summed E-state index contributed by atoms with van der Waals surface area (Å²) in [6, 6.07) is 14.9. The normalized spacial score (nSPS) is 14.4. The van der Waals surface area contributed by atoms with Crippen molar-refractivity contribution in [1.29, 1.82) is 0 Å². The van der Waals surface area contributed by atoms with E-state index in [1.807, 2.05) is 6.20 Å². The predicted molar refractivity (Wildman–Crippen MR) is 88.9 cm³/mol. The fourth-order valence-electron chi connectivity index (χ4n) is 2.79. The highest BCUT2D eigenvalue weighted by atomic mass is 15.2. The van der Waals surface area contributed by atoms with Gasteiger partial charge in [0.05, 0.1) is 11.9 Å². The molecule has 110 valence electrons. The lowest BCUT2D eigenvalue weighted by atomic mass is 10.1. The number of aromatic nitrogens is 1. The van der Waals surface area contributed by atoms with Gasteiger partial charge in [-0.05, 0) is 43.4 Å². The number of hydrogen-bond acceptors (Lipinski definition) is 3. The molecule has 3 rings (SSSR count). The van der Waals surface area contributed by atoms with Gasteiger partial charge < -0.3 is 10.2 Å². The Morgan fingerprint density at radius 3 is 2.52 bits per heavy atom. The average molecular weight is 281 g/mol. The Kier molecular flexibility index (Phi) is 4.72. The highest BCUT2D eigenvalue weighted by Crippen LogP contribution is 2.19. The summed E-state index contributed by atoms with van der Waals surface area (Å²) in [6.45, 7) is 3.29. The topological polar surface area (TPSA) is 28.2 Å². The second kappa shape index (κ2) is 7.11. The van der Waals surface area contributed by atoms with Crippen LogP contribution < -0.4 is 10.2 Å². The van der Waals surface area contributed by atoms with Gasteiger partial charge in [-0.25, -0.2) is 4.98 Å². The monoisotopic (exact) mass is 281 g/mol. The summed E-state index contributed by atoms with van der Waals surface area (Å²) in [5.41, 5.74) is 2.52. The molecule has 1 aliphatic rings. The van der Waals surface area contributed by atoms with Crippen LogP contribution in [0.4, 0.5) is 11.5 Å². The minimum Gasteiger partial charge on any atom is -0.384 e. The fraction of sp³-hybridized carbons (Fsp3) is 0.389. The standard InChI is InChI=1S/C18H23N3/c1-2-7-16(8-3-1)9-6-12-19-17-10-11-18(20-15-17)21-13-4-5-14-21/h1-3,7-8,10-11,15,19H,4-6,9,12-14H2. The predicted octanol–water partition coefficient (Wildman–Crippen LogP) is 3.73. The van der Waals surface area contributed by atoms with Crippen LogP contribution in [-0.4, -0.2) is 24.6 Å². The van der Waals surface area contributed by atoms with Gasteiger partial charge in [-0.15, -0.1) is 0 Å². The molecule has 3 heteroatoms. The molecule has 0 atom stereocenters. The molecule has 21 heavy (non-hydrogen) atoms. The smallest absolute Gasteiger partial charge is 0.128 e. The van der Waals surface area contributed by atoms with Crippen molar-refractivity contribution >= 4 is 11.5 Å². The lowest BCUT2D eigenvalue weighted by molar-refractivity contribution is 0.861. The van der Waals surface area contributed by atoms with Crippen molar-refractivity contribution in [1.82, 2.24) is 4.98 Å². The maximum atomic E-state index is 4.56. The first kappa shape index (κ1) is 13.9. The molecule has 1 aromatic heterocycles. The van der Waals surface area contributed by atoms with Crippen LogP contribution in [0, 0.1) is 0 Å². The van der Waals surface area contributed by atoms with Gasteiger partial charge in [0, 0.05) is 19.6 Å². The first-order valence-corrected chi connectivity index (χ1v) is 7.91. The number of aryl methyl sites for hydroxylation is 1. The maximum Gasteiger partial charge on any atom is 0.128 e. The largest absolute Gasteiger partial charge is 0.384 e. The van der Waals surface area contributed by atoms with Gasteiger partial charge in [-0.2, -0.15) is 0 Å². The fourth-order valence-corrected chi connectivity index (χ4v) is 2.79. The molecule has 1 aliphatic heterocycles. The Balaban J connectivity index is 1.43. The molecule has 1 aromatic carbocycles. The summed E-state index contributed by atoms with van der Waals surface area (Å²) >= 11 is 0. The minimum atomic E-state index is 0.986. The van der Waals surface area contributed by atoms with Crippen molar-refractivity contribution in [3.05, 3.63) is 54.2 Å². The van der Waals surface area contributed by atoms with Crippen molar-refractivity contribution in [2.24, 2.45) is 0 Å². The van der Waals surface area contributed by atoms with Crippen molar-refractivity contribution in [3.63, 3.8) is 0 Å². The maximum absolute atomic E-state index is 4.56. The number of rotatable bonds is 6. The zero-order valence-electron chi connectivity index (χ0n) is 12.5. The van der Waals surface area contributed by atoms with Gasteiger partial charge in [0.15, 0.2) is 0 Å². The van der Waals surface area contributed by atoms with Gasteiger partial charge in [-0.1, -0.05) is 30.3 Å². The van der Waals surface area contributed by atoms with Gasteiger partial charge in [0.1, 0.15) is 5.82 Å². The van der Waals surface area contributed by atoms with E-state index in [-0.39, 0.29) is 0 Å². The van der Waals surface area contributed by atoms with Crippen molar-refractivity contribution < 1.29 is 0 Å². The van der Waals surface area contributed by atoms with Gasteiger partial charge in [0.25, 0.3) is 0 Å². The highest BCUT2D eigenvalue weighted by molar-refractivity contribution is 5.48. The molecule has 0 radical (unpaired) electrons. The van der Waals surface area contributed by atoms with E-state index in [2.05, 4.69) is 57.7 Å². The summed E-state index contributed by atoms with van der Waals surface area (Å²) in [6.07, 6.45) is 6.80. The molecule has 0 bridgehead atoms. The molecule has 1 N–H and O–H groups in total. The molecular formula is C18H23N3. The molecule has 0 amide bonds. The van der Waals surface area contributed by atoms with E-state index >= 15 is 0 Å². The second-order valence-corrected chi connectivity index (χ2v) is 5.62. The Morgan fingerprint density at radius 1 is 1.00 bits per heavy atom. The third-order valence-electron chi connectivity index (χ3n) is 3.99. The van der Waals surface area contributed by atoms with E-state index in [1.54, 1.807) is 0 Å². The van der Waals surface area contributed by atoms with Crippen LogP contribution in [0.25, 0.3) is 0 Å². The first-order chi connectivity index (χ1) is 10.4. The minimum absolute atomic E-state index is 0.986. The average Bonchev–Trinajstić information content (AvgIpc) is 3.08. The lowest BCUT2D eigenvalue weighted by Gasteiger charge is -2.16. The number of nitrogens with one attached hydrogen (secondary N) is 1. The Bertz CT molecular complexity index is 530. The summed E-state index contributed by atoms with van der Waals surface area (Å²) in [7, 11) is 0. The molecule has 0 aliphatic carbocycles. The first-order valence-electron chi connectivity index (χ1n) is 7.91. The van der Waals surface area contributed by atoms with E-state index in [4.69, 9.17) is 0 Å². The van der Waals surface area contributed by atoms with Crippen LogP contribution in [0.3, 0.4) is 0 Å². The van der Waals surface area contributed by atoms with Crippen LogP contribution in [-0.2, 0) is 6.42 Å². The summed E-state index contributed by atoms with van der Waals surface area (Å²) in [5.74, 6) is 1.11. The zero-order valence-corrected chi connectivity index (χ0v) is 12.5. The third kappa shape index (κ3) is 3.97. The summed E-state index contributed by atoms with van der Waals surface area (Å²) < 4.78 is 0. The van der Waals surface area contributed by atoms with Crippen LogP contribution in [0.1, 0.15) is 24.8 Å².